The molecule has 0 aliphatic carbocycles. The van der Waals surface area contributed by atoms with Gasteiger partial charge in [0.2, 0.25) is 0 Å². The van der Waals surface area contributed by atoms with Crippen LogP contribution in [0.3, 0.4) is 0 Å². The first-order chi connectivity index (χ1) is 5.22. The van der Waals surface area contributed by atoms with Gasteiger partial charge in [-0.05, 0) is 13.0 Å². The highest BCUT2D eigenvalue weighted by Crippen LogP contribution is 1.99. The lowest BCUT2D eigenvalue weighted by Crippen LogP contribution is -2.36. The fraction of sp³-hybridized carbons (Fsp3) is 0.875. The van der Waals surface area contributed by atoms with Crippen LogP contribution in [0.15, 0.2) is 0 Å². The summed E-state index contributed by atoms with van der Waals surface area (Å²) in [6, 6.07) is -0.347. The topological polar surface area (TPSA) is 49.3 Å². The molecule has 4 heteroatoms. The van der Waals surface area contributed by atoms with Gasteiger partial charge < -0.3 is 10.4 Å². The van der Waals surface area contributed by atoms with Crippen molar-refractivity contribution in [2.24, 2.45) is 0 Å². The van der Waals surface area contributed by atoms with Gasteiger partial charge in [-0.2, -0.15) is 0 Å². The largest absolute Gasteiger partial charge is 0.480 e. The minimum Gasteiger partial charge on any atom is -0.480 e. The molecule has 0 aromatic heterocycles. The lowest BCUT2D eigenvalue weighted by atomic mass is 10.1. The van der Waals surface area contributed by atoms with E-state index in [0.29, 0.717) is 0 Å². The van der Waals surface area contributed by atoms with E-state index in [1.807, 2.05) is 6.92 Å². The van der Waals surface area contributed by atoms with E-state index in [0.717, 1.165) is 25.8 Å². The summed E-state index contributed by atoms with van der Waals surface area (Å²) in [7, 11) is 0. The SMILES string of the molecule is CCCCC(NCC)C(=O)O.Cl. The van der Waals surface area contributed by atoms with E-state index >= 15 is 0 Å². The van der Waals surface area contributed by atoms with Gasteiger partial charge in [0, 0.05) is 0 Å². The van der Waals surface area contributed by atoms with Crippen LogP contribution in [0, 0.1) is 0 Å². The molecule has 0 aliphatic rings. The quantitative estimate of drug-likeness (QED) is 0.678. The van der Waals surface area contributed by atoms with Crippen LogP contribution in [0.4, 0.5) is 0 Å². The Bertz CT molecular complexity index is 120. The monoisotopic (exact) mass is 195 g/mol. The number of likely N-dealkylation sites (N-methyl/N-ethyl adjacent to an activating group) is 1. The summed E-state index contributed by atoms with van der Waals surface area (Å²) >= 11 is 0. The Morgan fingerprint density at radius 1 is 1.50 bits per heavy atom. The Hall–Kier alpha value is -0.280. The van der Waals surface area contributed by atoms with Crippen LogP contribution in [0.25, 0.3) is 0 Å². The van der Waals surface area contributed by atoms with Gasteiger partial charge >= 0.3 is 5.97 Å². The zero-order chi connectivity index (χ0) is 8.69. The number of carboxylic acids is 1. The van der Waals surface area contributed by atoms with Gasteiger partial charge in [-0.1, -0.05) is 26.7 Å². The zero-order valence-electron chi connectivity index (χ0n) is 7.67. The van der Waals surface area contributed by atoms with Crippen LogP contribution in [0.1, 0.15) is 33.1 Å². The predicted octanol–water partition coefficient (Wildman–Crippen LogP) is 1.66. The third-order valence-electron chi connectivity index (χ3n) is 1.59. The van der Waals surface area contributed by atoms with E-state index in [1.54, 1.807) is 0 Å². The molecule has 0 rings (SSSR count). The highest BCUT2D eigenvalue weighted by molar-refractivity contribution is 5.85. The van der Waals surface area contributed by atoms with E-state index in [9.17, 15) is 4.79 Å². The van der Waals surface area contributed by atoms with Gasteiger partial charge in [0.05, 0.1) is 0 Å². The normalized spacial score (nSPS) is 11.8. The third-order valence-corrected chi connectivity index (χ3v) is 1.59. The first-order valence-electron chi connectivity index (χ1n) is 4.18. The molecule has 0 spiro atoms. The van der Waals surface area contributed by atoms with Crippen molar-refractivity contribution >= 4 is 18.4 Å². The van der Waals surface area contributed by atoms with Crippen molar-refractivity contribution < 1.29 is 9.90 Å². The lowest BCUT2D eigenvalue weighted by Gasteiger charge is -2.11. The number of aliphatic carboxylic acids is 1. The van der Waals surface area contributed by atoms with Crippen molar-refractivity contribution in [3.05, 3.63) is 0 Å². The number of hydrogen-bond acceptors (Lipinski definition) is 2. The maximum Gasteiger partial charge on any atom is 0.320 e. The van der Waals surface area contributed by atoms with Gasteiger partial charge in [0.15, 0.2) is 0 Å². The van der Waals surface area contributed by atoms with E-state index in [4.69, 9.17) is 5.11 Å². The molecule has 0 heterocycles. The molecule has 0 radical (unpaired) electrons. The number of nitrogens with one attached hydrogen (secondary N) is 1. The highest BCUT2D eigenvalue weighted by Gasteiger charge is 2.13. The molecule has 2 N–H and O–H groups in total. The Morgan fingerprint density at radius 2 is 2.08 bits per heavy atom. The average molecular weight is 196 g/mol. The molecule has 0 amide bonds. The Kier molecular flexibility index (Phi) is 10.5. The summed E-state index contributed by atoms with van der Waals surface area (Å²) < 4.78 is 0. The Labute approximate surface area is 80.0 Å². The minimum absolute atomic E-state index is 0. The minimum atomic E-state index is -0.736. The lowest BCUT2D eigenvalue weighted by molar-refractivity contribution is -0.139. The van der Waals surface area contributed by atoms with Crippen LogP contribution in [-0.4, -0.2) is 23.7 Å². The van der Waals surface area contributed by atoms with Crippen LogP contribution in [-0.2, 0) is 4.79 Å². The number of hydrogen-bond donors (Lipinski definition) is 2. The number of rotatable bonds is 6. The number of halogens is 1. The van der Waals surface area contributed by atoms with Crippen LogP contribution >= 0.6 is 12.4 Å². The number of carbonyl (C=O) groups is 1. The molecule has 3 nitrogen and oxygen atoms in total. The molecular formula is C8H18ClNO2. The molecule has 1 atom stereocenters. The fourth-order valence-corrected chi connectivity index (χ4v) is 0.967. The molecule has 0 aromatic carbocycles. The third kappa shape index (κ3) is 6.43. The summed E-state index contributed by atoms with van der Waals surface area (Å²) in [5.74, 6) is -0.736. The molecule has 0 fully saturated rings. The molecule has 12 heavy (non-hydrogen) atoms. The van der Waals surface area contributed by atoms with Crippen LogP contribution in [0.5, 0.6) is 0 Å². The van der Waals surface area contributed by atoms with E-state index in [-0.39, 0.29) is 18.4 Å². The van der Waals surface area contributed by atoms with Crippen molar-refractivity contribution in [2.45, 2.75) is 39.2 Å². The molecule has 0 aliphatic heterocycles. The van der Waals surface area contributed by atoms with Gasteiger partial charge in [0.25, 0.3) is 0 Å². The van der Waals surface area contributed by atoms with Gasteiger partial charge in [0.1, 0.15) is 6.04 Å². The van der Waals surface area contributed by atoms with Crippen LogP contribution in [0.2, 0.25) is 0 Å². The van der Waals surface area contributed by atoms with E-state index < -0.39 is 5.97 Å². The first kappa shape index (κ1) is 14.3. The van der Waals surface area contributed by atoms with E-state index in [2.05, 4.69) is 12.2 Å². The standard InChI is InChI=1S/C8H17NO2.ClH/c1-3-5-6-7(8(10)11)9-4-2;/h7,9H,3-6H2,1-2H3,(H,10,11);1H. The second-order valence-corrected chi connectivity index (χ2v) is 2.59. The van der Waals surface area contributed by atoms with Crippen molar-refractivity contribution in [3.8, 4) is 0 Å². The number of carboxylic acid groups (broad SMARTS) is 1. The van der Waals surface area contributed by atoms with Crippen LogP contribution < -0.4 is 5.32 Å². The summed E-state index contributed by atoms with van der Waals surface area (Å²) in [5.41, 5.74) is 0. The fourth-order valence-electron chi connectivity index (χ4n) is 0.967. The average Bonchev–Trinajstić information content (AvgIpc) is 1.97. The maximum absolute atomic E-state index is 10.5. The molecule has 0 saturated heterocycles. The number of unbranched alkanes of at least 4 members (excludes halogenated alkanes) is 1. The summed E-state index contributed by atoms with van der Waals surface area (Å²) in [6.45, 7) is 4.70. The highest BCUT2D eigenvalue weighted by atomic mass is 35.5. The van der Waals surface area contributed by atoms with Gasteiger partial charge in [-0.3, -0.25) is 4.79 Å². The van der Waals surface area contributed by atoms with Gasteiger partial charge in [-0.15, -0.1) is 12.4 Å². The Morgan fingerprint density at radius 3 is 2.42 bits per heavy atom. The summed E-state index contributed by atoms with van der Waals surface area (Å²) in [6.07, 6.45) is 2.76. The molecule has 1 unspecified atom stereocenters. The molecule has 0 bridgehead atoms. The summed E-state index contributed by atoms with van der Waals surface area (Å²) in [4.78, 5) is 10.5. The van der Waals surface area contributed by atoms with Crippen molar-refractivity contribution in [1.29, 1.82) is 0 Å². The van der Waals surface area contributed by atoms with E-state index in [1.165, 1.54) is 0 Å². The maximum atomic E-state index is 10.5. The van der Waals surface area contributed by atoms with Crippen molar-refractivity contribution in [1.82, 2.24) is 5.32 Å². The second-order valence-electron chi connectivity index (χ2n) is 2.59. The van der Waals surface area contributed by atoms with Crippen molar-refractivity contribution in [2.75, 3.05) is 6.54 Å². The Balaban J connectivity index is 0. The molecule has 0 aromatic rings. The van der Waals surface area contributed by atoms with Crippen molar-refractivity contribution in [3.63, 3.8) is 0 Å². The first-order valence-corrected chi connectivity index (χ1v) is 4.18. The molecule has 74 valence electrons. The molecular weight excluding hydrogens is 178 g/mol. The predicted molar refractivity (Wildman–Crippen MR) is 51.9 cm³/mol. The second kappa shape index (κ2) is 8.81. The molecule has 0 saturated carbocycles. The smallest absolute Gasteiger partial charge is 0.320 e. The van der Waals surface area contributed by atoms with Gasteiger partial charge in [-0.25, -0.2) is 0 Å². The zero-order valence-corrected chi connectivity index (χ0v) is 8.49. The summed E-state index contributed by atoms with van der Waals surface area (Å²) in [5, 5.41) is 11.6.